The van der Waals surface area contributed by atoms with Gasteiger partial charge in [-0.15, -0.1) is 0 Å². The third kappa shape index (κ3) is 2.11. The van der Waals surface area contributed by atoms with E-state index in [1.54, 1.807) is 0 Å². The van der Waals surface area contributed by atoms with Crippen LogP contribution in [0.15, 0.2) is 30.5 Å². The molecule has 1 N–H and O–H groups in total. The van der Waals surface area contributed by atoms with Gasteiger partial charge < -0.3 is 5.32 Å². The van der Waals surface area contributed by atoms with Gasteiger partial charge in [0.25, 0.3) is 0 Å². The normalized spacial score (nSPS) is 12.7. The molecule has 0 radical (unpaired) electrons. The second kappa shape index (κ2) is 4.72. The van der Waals surface area contributed by atoms with Gasteiger partial charge in [-0.2, -0.15) is 5.10 Å². The molecular formula is C14H19N3. The summed E-state index contributed by atoms with van der Waals surface area (Å²) in [5.74, 6) is 0. The number of hydrogen-bond acceptors (Lipinski definition) is 2. The van der Waals surface area contributed by atoms with Gasteiger partial charge in [0.05, 0.1) is 12.2 Å². The van der Waals surface area contributed by atoms with Crippen LogP contribution in [0.1, 0.15) is 28.4 Å². The van der Waals surface area contributed by atoms with Gasteiger partial charge >= 0.3 is 0 Å². The molecule has 2 rings (SSSR count). The maximum absolute atomic E-state index is 4.32. The fraction of sp³-hybridized carbons (Fsp3) is 0.357. The fourth-order valence-corrected chi connectivity index (χ4v) is 2.19. The monoisotopic (exact) mass is 229 g/mol. The van der Waals surface area contributed by atoms with Crippen LogP contribution in [0.5, 0.6) is 0 Å². The summed E-state index contributed by atoms with van der Waals surface area (Å²) in [6, 6.07) is 8.68. The van der Waals surface area contributed by atoms with E-state index >= 15 is 0 Å². The first-order valence-corrected chi connectivity index (χ1v) is 5.86. The van der Waals surface area contributed by atoms with Crippen LogP contribution in [0, 0.1) is 13.8 Å². The highest BCUT2D eigenvalue weighted by atomic mass is 15.3. The van der Waals surface area contributed by atoms with E-state index in [1.165, 1.54) is 22.4 Å². The van der Waals surface area contributed by atoms with E-state index in [4.69, 9.17) is 0 Å². The summed E-state index contributed by atoms with van der Waals surface area (Å²) in [7, 11) is 3.97. The van der Waals surface area contributed by atoms with Crippen molar-refractivity contribution in [2.24, 2.45) is 7.05 Å². The van der Waals surface area contributed by atoms with Crippen LogP contribution in [-0.2, 0) is 7.05 Å². The third-order valence-corrected chi connectivity index (χ3v) is 3.37. The minimum absolute atomic E-state index is 0.213. The number of nitrogens with zero attached hydrogens (tertiary/aromatic N) is 2. The van der Waals surface area contributed by atoms with E-state index in [0.717, 1.165) is 0 Å². The second-order valence-electron chi connectivity index (χ2n) is 4.39. The van der Waals surface area contributed by atoms with E-state index in [0.29, 0.717) is 0 Å². The Labute approximate surface area is 102 Å². The van der Waals surface area contributed by atoms with Gasteiger partial charge in [0, 0.05) is 18.3 Å². The van der Waals surface area contributed by atoms with Gasteiger partial charge in [0.1, 0.15) is 0 Å². The van der Waals surface area contributed by atoms with Crippen LogP contribution in [0.2, 0.25) is 0 Å². The van der Waals surface area contributed by atoms with Crippen molar-refractivity contribution in [3.05, 3.63) is 52.8 Å². The lowest BCUT2D eigenvalue weighted by molar-refractivity contribution is 0.675. The number of rotatable bonds is 3. The molecular weight excluding hydrogens is 210 g/mol. The van der Waals surface area contributed by atoms with E-state index in [2.05, 4.69) is 48.5 Å². The number of nitrogens with one attached hydrogen (secondary N) is 1. The van der Waals surface area contributed by atoms with Crippen molar-refractivity contribution in [2.45, 2.75) is 19.9 Å². The van der Waals surface area contributed by atoms with Gasteiger partial charge in [-0.25, -0.2) is 0 Å². The van der Waals surface area contributed by atoms with Gasteiger partial charge in [0.2, 0.25) is 0 Å². The van der Waals surface area contributed by atoms with Gasteiger partial charge in [-0.05, 0) is 32.0 Å². The zero-order valence-electron chi connectivity index (χ0n) is 10.9. The van der Waals surface area contributed by atoms with Crippen molar-refractivity contribution >= 4 is 0 Å². The summed E-state index contributed by atoms with van der Waals surface area (Å²) in [5, 5.41) is 7.69. The van der Waals surface area contributed by atoms with Crippen LogP contribution < -0.4 is 5.32 Å². The Morgan fingerprint density at radius 2 is 1.88 bits per heavy atom. The molecule has 0 aliphatic heterocycles. The van der Waals surface area contributed by atoms with Gasteiger partial charge in [-0.3, -0.25) is 4.68 Å². The summed E-state index contributed by atoms with van der Waals surface area (Å²) in [4.78, 5) is 0. The Hall–Kier alpha value is -1.61. The molecule has 3 nitrogen and oxygen atoms in total. The molecule has 0 fully saturated rings. The highest BCUT2D eigenvalue weighted by Crippen LogP contribution is 2.26. The van der Waals surface area contributed by atoms with E-state index in [-0.39, 0.29) is 6.04 Å². The molecule has 1 unspecified atom stereocenters. The molecule has 1 atom stereocenters. The highest BCUT2D eigenvalue weighted by Gasteiger charge is 2.18. The summed E-state index contributed by atoms with van der Waals surface area (Å²) >= 11 is 0. The van der Waals surface area contributed by atoms with Crippen LogP contribution in [0.4, 0.5) is 0 Å². The van der Waals surface area contributed by atoms with Crippen LogP contribution in [-0.4, -0.2) is 16.8 Å². The lowest BCUT2D eigenvalue weighted by atomic mass is 9.96. The minimum Gasteiger partial charge on any atom is -0.309 e. The molecule has 90 valence electrons. The lowest BCUT2D eigenvalue weighted by Gasteiger charge is -2.18. The summed E-state index contributed by atoms with van der Waals surface area (Å²) in [5.41, 5.74) is 5.05. The Bertz CT molecular complexity index is 514. The largest absolute Gasteiger partial charge is 0.309 e. The van der Waals surface area contributed by atoms with E-state index in [1.807, 2.05) is 25.0 Å². The molecule has 3 heteroatoms. The lowest BCUT2D eigenvalue weighted by Crippen LogP contribution is -2.19. The maximum Gasteiger partial charge on any atom is 0.0610 e. The van der Waals surface area contributed by atoms with Crippen LogP contribution in [0.25, 0.3) is 0 Å². The van der Waals surface area contributed by atoms with Crippen molar-refractivity contribution < 1.29 is 0 Å². The third-order valence-electron chi connectivity index (χ3n) is 3.37. The topological polar surface area (TPSA) is 29.9 Å². The first kappa shape index (κ1) is 11.9. The molecule has 0 spiro atoms. The quantitative estimate of drug-likeness (QED) is 0.875. The average Bonchev–Trinajstić information content (AvgIpc) is 2.65. The number of aromatic nitrogens is 2. The predicted molar refractivity (Wildman–Crippen MR) is 70.0 cm³/mol. The van der Waals surface area contributed by atoms with E-state index in [9.17, 15) is 0 Å². The Morgan fingerprint density at radius 1 is 1.18 bits per heavy atom. The summed E-state index contributed by atoms with van der Waals surface area (Å²) < 4.78 is 1.91. The standard InChI is InChI=1S/C14H19N3/c1-10-7-5-6-8-12(10)14(15-3)13-9-16-17(4)11(13)2/h5-9,14-15H,1-4H3. The summed E-state index contributed by atoms with van der Waals surface area (Å²) in [6.45, 7) is 4.25. The molecule has 0 aliphatic carbocycles. The molecule has 0 saturated carbocycles. The first-order chi connectivity index (χ1) is 8.15. The Balaban J connectivity index is 2.48. The zero-order valence-corrected chi connectivity index (χ0v) is 10.9. The predicted octanol–water partition coefficient (Wildman–Crippen LogP) is 2.35. The molecule has 1 aromatic carbocycles. The highest BCUT2D eigenvalue weighted by molar-refractivity contribution is 5.37. The van der Waals surface area contributed by atoms with Gasteiger partial charge in [0.15, 0.2) is 0 Å². The average molecular weight is 229 g/mol. The SMILES string of the molecule is CNC(c1ccccc1C)c1cnn(C)c1C. The maximum atomic E-state index is 4.32. The van der Waals surface area contributed by atoms with Gasteiger partial charge in [-0.1, -0.05) is 24.3 Å². The molecule has 0 aliphatic rings. The molecule has 17 heavy (non-hydrogen) atoms. The molecule has 0 bridgehead atoms. The van der Waals surface area contributed by atoms with Crippen molar-refractivity contribution in [3.8, 4) is 0 Å². The number of hydrogen-bond donors (Lipinski definition) is 1. The Kier molecular flexibility index (Phi) is 3.29. The van der Waals surface area contributed by atoms with Crippen molar-refractivity contribution in [1.29, 1.82) is 0 Å². The molecule has 1 heterocycles. The Morgan fingerprint density at radius 3 is 2.41 bits per heavy atom. The number of aryl methyl sites for hydroxylation is 2. The number of benzene rings is 1. The molecule has 0 amide bonds. The summed E-state index contributed by atoms with van der Waals surface area (Å²) in [6.07, 6.45) is 1.95. The van der Waals surface area contributed by atoms with Crippen molar-refractivity contribution in [3.63, 3.8) is 0 Å². The van der Waals surface area contributed by atoms with Crippen LogP contribution in [0.3, 0.4) is 0 Å². The minimum atomic E-state index is 0.213. The first-order valence-electron chi connectivity index (χ1n) is 5.86. The van der Waals surface area contributed by atoms with Crippen molar-refractivity contribution in [1.82, 2.24) is 15.1 Å². The smallest absolute Gasteiger partial charge is 0.0610 e. The molecule has 1 aromatic heterocycles. The van der Waals surface area contributed by atoms with Crippen LogP contribution >= 0.6 is 0 Å². The van der Waals surface area contributed by atoms with E-state index < -0.39 is 0 Å². The van der Waals surface area contributed by atoms with Crippen molar-refractivity contribution in [2.75, 3.05) is 7.05 Å². The molecule has 0 saturated heterocycles. The fourth-order valence-electron chi connectivity index (χ4n) is 2.19. The zero-order chi connectivity index (χ0) is 12.4. The second-order valence-corrected chi connectivity index (χ2v) is 4.39. The molecule has 2 aromatic rings.